The molecule has 1 aliphatic rings. The van der Waals surface area contributed by atoms with Crippen LogP contribution < -0.4 is 15.4 Å². The van der Waals surface area contributed by atoms with Gasteiger partial charge in [-0.25, -0.2) is 0 Å². The molecule has 0 aromatic heterocycles. The maximum Gasteiger partial charge on any atom is 0.260 e. The molecule has 1 aromatic carbocycles. The van der Waals surface area contributed by atoms with Crippen molar-refractivity contribution in [2.45, 2.75) is 32.8 Å². The van der Waals surface area contributed by atoms with Crippen molar-refractivity contribution in [1.29, 1.82) is 0 Å². The van der Waals surface area contributed by atoms with Crippen LogP contribution in [0.5, 0.6) is 5.75 Å². The molecule has 0 spiro atoms. The molecule has 1 amide bonds. The van der Waals surface area contributed by atoms with E-state index in [1.807, 2.05) is 13.0 Å². The summed E-state index contributed by atoms with van der Waals surface area (Å²) in [7, 11) is 1.71. The number of carbonyl (C=O) groups excluding carboxylic acids is 1. The van der Waals surface area contributed by atoms with Crippen molar-refractivity contribution in [3.8, 4) is 5.75 Å². The second-order valence-corrected chi connectivity index (χ2v) is 7.01. The monoisotopic (exact) mass is 354 g/mol. The minimum atomic E-state index is -0.564. The zero-order valence-corrected chi connectivity index (χ0v) is 15.4. The van der Waals surface area contributed by atoms with E-state index in [-0.39, 0.29) is 11.3 Å². The van der Waals surface area contributed by atoms with E-state index in [4.69, 9.17) is 21.1 Å². The molecule has 134 valence electrons. The number of carbonyl (C=O) groups is 1. The van der Waals surface area contributed by atoms with Gasteiger partial charge < -0.3 is 20.1 Å². The molecule has 1 atom stereocenters. The van der Waals surface area contributed by atoms with Gasteiger partial charge in [-0.15, -0.1) is 0 Å². The fourth-order valence-electron chi connectivity index (χ4n) is 3.04. The van der Waals surface area contributed by atoms with Crippen LogP contribution >= 0.6 is 11.6 Å². The molecule has 1 fully saturated rings. The van der Waals surface area contributed by atoms with Crippen molar-refractivity contribution in [2.75, 3.05) is 33.4 Å². The molecular formula is C18H27ClN2O3. The molecule has 2 N–H and O–H groups in total. The first kappa shape index (κ1) is 19.0. The number of amides is 1. The molecule has 1 heterocycles. The predicted molar refractivity (Wildman–Crippen MR) is 95.7 cm³/mol. The molecule has 1 aliphatic heterocycles. The molecule has 24 heavy (non-hydrogen) atoms. The Labute approximate surface area is 149 Å². The van der Waals surface area contributed by atoms with Crippen LogP contribution in [-0.2, 0) is 9.53 Å². The Hall–Kier alpha value is -1.30. The number of benzene rings is 1. The number of nitrogens with one attached hydrogen (secondary N) is 2. The van der Waals surface area contributed by atoms with Crippen molar-refractivity contribution in [3.05, 3.63) is 28.8 Å². The molecule has 1 unspecified atom stereocenters. The van der Waals surface area contributed by atoms with Gasteiger partial charge in [0.1, 0.15) is 5.75 Å². The first-order valence-electron chi connectivity index (χ1n) is 8.36. The van der Waals surface area contributed by atoms with Gasteiger partial charge in [-0.05, 0) is 63.5 Å². The smallest absolute Gasteiger partial charge is 0.260 e. The molecule has 6 heteroatoms. The molecule has 0 aliphatic carbocycles. The number of hydrogen-bond acceptors (Lipinski definition) is 4. The van der Waals surface area contributed by atoms with E-state index in [0.717, 1.165) is 31.5 Å². The zero-order chi connectivity index (χ0) is 17.6. The van der Waals surface area contributed by atoms with Gasteiger partial charge in [-0.2, -0.15) is 0 Å². The number of rotatable bonds is 7. The highest BCUT2D eigenvalue weighted by molar-refractivity contribution is 6.30. The summed E-state index contributed by atoms with van der Waals surface area (Å²) in [4.78, 5) is 12.4. The first-order chi connectivity index (χ1) is 11.5. The van der Waals surface area contributed by atoms with Crippen LogP contribution in [0.15, 0.2) is 18.2 Å². The summed E-state index contributed by atoms with van der Waals surface area (Å²) in [6, 6.07) is 5.38. The van der Waals surface area contributed by atoms with Crippen molar-refractivity contribution in [1.82, 2.24) is 10.6 Å². The third-order valence-electron chi connectivity index (χ3n) is 4.56. The van der Waals surface area contributed by atoms with Gasteiger partial charge in [0.2, 0.25) is 0 Å². The van der Waals surface area contributed by atoms with Crippen molar-refractivity contribution >= 4 is 17.5 Å². The summed E-state index contributed by atoms with van der Waals surface area (Å²) in [5, 5.41) is 7.04. The summed E-state index contributed by atoms with van der Waals surface area (Å²) >= 11 is 5.95. The topological polar surface area (TPSA) is 59.6 Å². The van der Waals surface area contributed by atoms with E-state index in [1.165, 1.54) is 0 Å². The SMILES string of the molecule is COCC1(CNC(=O)C(C)Oc2ccc(Cl)cc2C)CCNCC1. The highest BCUT2D eigenvalue weighted by Crippen LogP contribution is 2.28. The largest absolute Gasteiger partial charge is 0.481 e. The summed E-state index contributed by atoms with van der Waals surface area (Å²) in [6.45, 7) is 6.84. The molecule has 1 aromatic rings. The molecular weight excluding hydrogens is 328 g/mol. The molecule has 0 radical (unpaired) electrons. The van der Waals surface area contributed by atoms with Gasteiger partial charge in [0.15, 0.2) is 6.10 Å². The lowest BCUT2D eigenvalue weighted by molar-refractivity contribution is -0.128. The second kappa shape index (κ2) is 8.70. The summed E-state index contributed by atoms with van der Waals surface area (Å²) in [5.41, 5.74) is 0.919. The fourth-order valence-corrected chi connectivity index (χ4v) is 3.27. The second-order valence-electron chi connectivity index (χ2n) is 6.57. The number of ether oxygens (including phenoxy) is 2. The average Bonchev–Trinajstić information content (AvgIpc) is 2.56. The molecule has 0 saturated carbocycles. The van der Waals surface area contributed by atoms with Crippen LogP contribution in [0.2, 0.25) is 5.02 Å². The minimum Gasteiger partial charge on any atom is -0.481 e. The Morgan fingerprint density at radius 2 is 2.12 bits per heavy atom. The van der Waals surface area contributed by atoms with E-state index in [2.05, 4.69) is 10.6 Å². The standard InChI is InChI=1S/C18H27ClN2O3/c1-13-10-15(19)4-5-16(13)24-14(2)17(22)21-11-18(12-23-3)6-8-20-9-7-18/h4-5,10,14,20H,6-9,11-12H2,1-3H3,(H,21,22). The third-order valence-corrected chi connectivity index (χ3v) is 4.80. The van der Waals surface area contributed by atoms with Crippen LogP contribution in [-0.4, -0.2) is 45.4 Å². The molecule has 1 saturated heterocycles. The van der Waals surface area contributed by atoms with Crippen LogP contribution in [0.25, 0.3) is 0 Å². The predicted octanol–water partition coefficient (Wildman–Crippen LogP) is 2.55. The highest BCUT2D eigenvalue weighted by Gasteiger charge is 2.33. The van der Waals surface area contributed by atoms with Crippen molar-refractivity contribution in [3.63, 3.8) is 0 Å². The Morgan fingerprint density at radius 1 is 1.42 bits per heavy atom. The Kier molecular flexibility index (Phi) is 6.90. The van der Waals surface area contributed by atoms with Crippen LogP contribution in [0.3, 0.4) is 0 Å². The van der Waals surface area contributed by atoms with Crippen molar-refractivity contribution in [2.24, 2.45) is 5.41 Å². The zero-order valence-electron chi connectivity index (χ0n) is 14.7. The number of methoxy groups -OCH3 is 1. The van der Waals surface area contributed by atoms with Crippen LogP contribution in [0.1, 0.15) is 25.3 Å². The maximum absolute atomic E-state index is 12.4. The van der Waals surface area contributed by atoms with Gasteiger partial charge in [-0.1, -0.05) is 11.6 Å². The van der Waals surface area contributed by atoms with Gasteiger partial charge in [-0.3, -0.25) is 4.79 Å². The lowest BCUT2D eigenvalue weighted by Crippen LogP contribution is -2.49. The Balaban J connectivity index is 1.90. The van der Waals surface area contributed by atoms with E-state index in [9.17, 15) is 4.79 Å². The van der Waals surface area contributed by atoms with E-state index in [1.54, 1.807) is 26.2 Å². The fraction of sp³-hybridized carbons (Fsp3) is 0.611. The lowest BCUT2D eigenvalue weighted by atomic mass is 9.79. The number of aryl methyl sites for hydroxylation is 1. The summed E-state index contributed by atoms with van der Waals surface area (Å²) in [5.74, 6) is 0.564. The number of hydrogen-bond donors (Lipinski definition) is 2. The van der Waals surface area contributed by atoms with Gasteiger partial charge in [0.25, 0.3) is 5.91 Å². The highest BCUT2D eigenvalue weighted by atomic mass is 35.5. The van der Waals surface area contributed by atoms with E-state index in [0.29, 0.717) is 23.9 Å². The summed E-state index contributed by atoms with van der Waals surface area (Å²) < 4.78 is 11.2. The first-order valence-corrected chi connectivity index (χ1v) is 8.74. The normalized spacial score (nSPS) is 18.0. The van der Waals surface area contributed by atoms with Crippen LogP contribution in [0, 0.1) is 12.3 Å². The quantitative estimate of drug-likeness (QED) is 0.790. The molecule has 2 rings (SSSR count). The molecule has 0 bridgehead atoms. The van der Waals surface area contributed by atoms with Gasteiger partial charge in [0.05, 0.1) is 6.61 Å². The third kappa shape index (κ3) is 5.10. The van der Waals surface area contributed by atoms with E-state index >= 15 is 0 Å². The van der Waals surface area contributed by atoms with Crippen LogP contribution in [0.4, 0.5) is 0 Å². The maximum atomic E-state index is 12.4. The number of piperidine rings is 1. The minimum absolute atomic E-state index is 0.00552. The Bertz CT molecular complexity index is 554. The Morgan fingerprint density at radius 3 is 2.75 bits per heavy atom. The van der Waals surface area contributed by atoms with Crippen molar-refractivity contribution < 1.29 is 14.3 Å². The van der Waals surface area contributed by atoms with E-state index < -0.39 is 6.10 Å². The molecule has 5 nitrogen and oxygen atoms in total. The summed E-state index contributed by atoms with van der Waals surface area (Å²) in [6.07, 6.45) is 1.42. The van der Waals surface area contributed by atoms with Gasteiger partial charge in [0, 0.05) is 24.1 Å². The van der Waals surface area contributed by atoms with Gasteiger partial charge >= 0.3 is 0 Å². The lowest BCUT2D eigenvalue weighted by Gasteiger charge is -2.37. The number of halogens is 1. The average molecular weight is 355 g/mol.